The first-order valence-electron chi connectivity index (χ1n) is 6.79. The highest BCUT2D eigenvalue weighted by molar-refractivity contribution is 6.04. The van der Waals surface area contributed by atoms with Gasteiger partial charge in [-0.05, 0) is 18.2 Å². The van der Waals surface area contributed by atoms with Crippen LogP contribution in [0.5, 0.6) is 17.2 Å². The second-order valence-electron chi connectivity index (χ2n) is 4.82. The van der Waals surface area contributed by atoms with Crippen molar-refractivity contribution in [3.8, 4) is 17.2 Å². The lowest BCUT2D eigenvalue weighted by Gasteiger charge is -2.16. The Kier molecular flexibility index (Phi) is 3.63. The van der Waals surface area contributed by atoms with E-state index in [1.54, 1.807) is 21.3 Å². The lowest BCUT2D eigenvalue weighted by Crippen LogP contribution is -1.98. The Morgan fingerprint density at radius 3 is 2.27 bits per heavy atom. The Labute approximate surface area is 128 Å². The minimum Gasteiger partial charge on any atom is -0.496 e. The summed E-state index contributed by atoms with van der Waals surface area (Å²) in [6, 6.07) is 7.51. The molecule has 22 heavy (non-hydrogen) atoms. The van der Waals surface area contributed by atoms with Crippen LogP contribution in [-0.4, -0.2) is 33.9 Å². The van der Waals surface area contributed by atoms with Gasteiger partial charge in [0.15, 0.2) is 0 Å². The Balaban J connectivity index is 2.33. The summed E-state index contributed by atoms with van der Waals surface area (Å²) in [5.41, 5.74) is 1.60. The van der Waals surface area contributed by atoms with Crippen LogP contribution in [0, 0.1) is 0 Å². The van der Waals surface area contributed by atoms with Crippen LogP contribution in [0.2, 0.25) is 0 Å². The molecule has 0 radical (unpaired) electrons. The molecule has 0 saturated heterocycles. The maximum Gasteiger partial charge on any atom is 0.331 e. The molecule has 2 aromatic carbocycles. The van der Waals surface area contributed by atoms with Crippen LogP contribution < -0.4 is 14.2 Å². The molecule has 5 nitrogen and oxygen atoms in total. The summed E-state index contributed by atoms with van der Waals surface area (Å²) >= 11 is 0. The summed E-state index contributed by atoms with van der Waals surface area (Å²) in [7, 11) is 4.82. The van der Waals surface area contributed by atoms with Crippen molar-refractivity contribution in [2.75, 3.05) is 27.9 Å². The summed E-state index contributed by atoms with van der Waals surface area (Å²) in [5, 5.41) is 1.69. The molecule has 0 spiro atoms. The van der Waals surface area contributed by atoms with Crippen molar-refractivity contribution >= 4 is 22.3 Å². The van der Waals surface area contributed by atoms with Gasteiger partial charge >= 0.3 is 5.97 Å². The third-order valence-corrected chi connectivity index (χ3v) is 3.71. The monoisotopic (exact) mass is 300 g/mol. The lowest BCUT2D eigenvalue weighted by atomic mass is 9.99. The summed E-state index contributed by atoms with van der Waals surface area (Å²) in [6.45, 7) is 0.243. The van der Waals surface area contributed by atoms with E-state index in [0.29, 0.717) is 11.5 Å². The van der Waals surface area contributed by atoms with Gasteiger partial charge in [-0.25, -0.2) is 4.79 Å². The molecular weight excluding hydrogens is 284 g/mol. The van der Waals surface area contributed by atoms with Crippen LogP contribution in [-0.2, 0) is 9.53 Å². The number of rotatable bonds is 4. The summed E-state index contributed by atoms with van der Waals surface area (Å²) < 4.78 is 21.5. The van der Waals surface area contributed by atoms with E-state index in [1.807, 2.05) is 24.3 Å². The van der Waals surface area contributed by atoms with Crippen molar-refractivity contribution in [1.82, 2.24) is 0 Å². The van der Waals surface area contributed by atoms with Crippen molar-refractivity contribution in [3.63, 3.8) is 0 Å². The Hall–Kier alpha value is -2.69. The van der Waals surface area contributed by atoms with Gasteiger partial charge in [-0.1, -0.05) is 6.07 Å². The van der Waals surface area contributed by atoms with Gasteiger partial charge in [-0.2, -0.15) is 0 Å². The number of cyclic esters (lactones) is 1. The lowest BCUT2D eigenvalue weighted by molar-refractivity contribution is -0.134. The number of methoxy groups -OCH3 is 3. The topological polar surface area (TPSA) is 54.0 Å². The van der Waals surface area contributed by atoms with Crippen molar-refractivity contribution in [2.24, 2.45) is 0 Å². The molecule has 0 aromatic heterocycles. The predicted octanol–water partition coefficient (Wildman–Crippen LogP) is 2.81. The molecule has 0 unspecified atom stereocenters. The molecule has 0 fully saturated rings. The molecule has 5 heteroatoms. The number of carbonyl (C=O) groups excluding carboxylic acids is 1. The van der Waals surface area contributed by atoms with Gasteiger partial charge in [-0.3, -0.25) is 0 Å². The second kappa shape index (κ2) is 5.60. The van der Waals surface area contributed by atoms with Crippen LogP contribution in [0.3, 0.4) is 0 Å². The van der Waals surface area contributed by atoms with E-state index >= 15 is 0 Å². The van der Waals surface area contributed by atoms with Crippen molar-refractivity contribution in [1.29, 1.82) is 0 Å². The molecule has 0 amide bonds. The van der Waals surface area contributed by atoms with Gasteiger partial charge in [0, 0.05) is 22.6 Å². The van der Waals surface area contributed by atoms with E-state index in [0.717, 1.165) is 27.7 Å². The van der Waals surface area contributed by atoms with E-state index in [2.05, 4.69) is 0 Å². The van der Waals surface area contributed by atoms with Crippen molar-refractivity contribution < 1.29 is 23.7 Å². The Morgan fingerprint density at radius 1 is 0.955 bits per heavy atom. The highest BCUT2D eigenvalue weighted by Crippen LogP contribution is 2.43. The third-order valence-electron chi connectivity index (χ3n) is 3.71. The molecule has 0 atom stereocenters. The number of carbonyl (C=O) groups is 1. The normalized spacial score (nSPS) is 13.8. The number of hydrogen-bond donors (Lipinski definition) is 0. The molecular formula is C17H16O5. The van der Waals surface area contributed by atoms with Crippen molar-refractivity contribution in [2.45, 2.75) is 0 Å². The minimum atomic E-state index is -0.338. The van der Waals surface area contributed by atoms with E-state index in [1.165, 1.54) is 6.08 Å². The Bertz CT molecular complexity index is 776. The molecule has 0 bridgehead atoms. The maximum absolute atomic E-state index is 11.3. The van der Waals surface area contributed by atoms with Crippen LogP contribution in [0.4, 0.5) is 0 Å². The highest BCUT2D eigenvalue weighted by Gasteiger charge is 2.22. The van der Waals surface area contributed by atoms with Gasteiger partial charge < -0.3 is 18.9 Å². The molecule has 0 saturated carbocycles. The molecule has 2 aromatic rings. The van der Waals surface area contributed by atoms with E-state index in [9.17, 15) is 4.79 Å². The first-order chi connectivity index (χ1) is 10.7. The van der Waals surface area contributed by atoms with Gasteiger partial charge in [-0.15, -0.1) is 0 Å². The second-order valence-corrected chi connectivity index (χ2v) is 4.82. The molecule has 0 N–H and O–H groups in total. The molecule has 1 aliphatic heterocycles. The van der Waals surface area contributed by atoms with Crippen LogP contribution >= 0.6 is 0 Å². The molecule has 114 valence electrons. The fourth-order valence-electron chi connectivity index (χ4n) is 2.70. The third kappa shape index (κ3) is 2.15. The summed E-state index contributed by atoms with van der Waals surface area (Å²) in [5.74, 6) is 1.71. The minimum absolute atomic E-state index is 0.243. The van der Waals surface area contributed by atoms with Crippen LogP contribution in [0.25, 0.3) is 16.3 Å². The van der Waals surface area contributed by atoms with E-state index < -0.39 is 0 Å². The number of fused-ring (bicyclic) bond motifs is 1. The Morgan fingerprint density at radius 2 is 1.68 bits per heavy atom. The van der Waals surface area contributed by atoms with Gasteiger partial charge in [0.25, 0.3) is 0 Å². The van der Waals surface area contributed by atoms with E-state index in [4.69, 9.17) is 18.9 Å². The zero-order valence-electron chi connectivity index (χ0n) is 12.6. The quantitative estimate of drug-likeness (QED) is 0.813. The van der Waals surface area contributed by atoms with Gasteiger partial charge in [0.05, 0.1) is 26.7 Å². The number of ether oxygens (including phenoxy) is 4. The average Bonchev–Trinajstić information content (AvgIpc) is 2.98. The standard InChI is InChI=1S/C17H16O5/c1-19-13-6-7-14(20-2)16-12(13)5-4-11(17(16)21-3)10-8-15(18)22-9-10/h4-8H,9H2,1-3H3. The SMILES string of the molecule is COc1ccc(OC)c2c(OC)c(C3=CC(=O)OC3)ccc12. The predicted molar refractivity (Wildman–Crippen MR) is 82.5 cm³/mol. The van der Waals surface area contributed by atoms with Crippen molar-refractivity contribution in [3.05, 3.63) is 35.9 Å². The van der Waals surface area contributed by atoms with Gasteiger partial charge in [0.2, 0.25) is 0 Å². The smallest absolute Gasteiger partial charge is 0.331 e. The molecule has 3 rings (SSSR count). The molecule has 1 aliphatic rings. The molecule has 0 aliphatic carbocycles. The number of benzene rings is 2. The summed E-state index contributed by atoms with van der Waals surface area (Å²) in [4.78, 5) is 11.3. The first-order valence-corrected chi connectivity index (χ1v) is 6.79. The number of hydrogen-bond acceptors (Lipinski definition) is 5. The highest BCUT2D eigenvalue weighted by atomic mass is 16.5. The first kappa shape index (κ1) is 14.3. The largest absolute Gasteiger partial charge is 0.496 e. The zero-order valence-corrected chi connectivity index (χ0v) is 12.6. The fourth-order valence-corrected chi connectivity index (χ4v) is 2.70. The summed E-state index contributed by atoms with van der Waals surface area (Å²) in [6.07, 6.45) is 1.48. The average molecular weight is 300 g/mol. The zero-order chi connectivity index (χ0) is 15.7. The maximum atomic E-state index is 11.3. The van der Waals surface area contributed by atoms with E-state index in [-0.39, 0.29) is 12.6 Å². The fraction of sp³-hybridized carbons (Fsp3) is 0.235. The molecule has 1 heterocycles. The van der Waals surface area contributed by atoms with Crippen LogP contribution in [0.15, 0.2) is 30.3 Å². The van der Waals surface area contributed by atoms with Crippen LogP contribution in [0.1, 0.15) is 5.56 Å². The number of esters is 1. The van der Waals surface area contributed by atoms with Gasteiger partial charge in [0.1, 0.15) is 23.9 Å².